The van der Waals surface area contributed by atoms with Gasteiger partial charge in [-0.3, -0.25) is 4.90 Å². The fraction of sp³-hybridized carbons (Fsp3) is 0.548. The Bertz CT molecular complexity index is 1850. The van der Waals surface area contributed by atoms with Crippen LogP contribution in [0, 0.1) is 0 Å². The van der Waals surface area contributed by atoms with Crippen molar-refractivity contribution in [2.24, 2.45) is 0 Å². The quantitative estimate of drug-likeness (QED) is 0.213. The molecule has 4 heterocycles. The van der Waals surface area contributed by atoms with Crippen molar-refractivity contribution in [3.63, 3.8) is 0 Å². The minimum atomic E-state index is -0.581. The second-order valence-corrected chi connectivity index (χ2v) is 15.2. The number of aromatic amines is 2. The Morgan fingerprint density at radius 3 is 1.89 bits per heavy atom. The Balaban J connectivity index is 1.18. The number of amides is 1. The van der Waals surface area contributed by atoms with Crippen molar-refractivity contribution in [3.8, 4) is 45.1 Å². The minimum absolute atomic E-state index is 0.203. The molecule has 1 saturated heterocycles. The molecule has 2 fully saturated rings. The number of nitrogens with one attached hydrogen (secondary N) is 2. The van der Waals surface area contributed by atoms with E-state index in [0.29, 0.717) is 84.3 Å². The average molecular weight is 758 g/mol. The van der Waals surface area contributed by atoms with Crippen LogP contribution in [-0.2, 0) is 23.7 Å². The summed E-state index contributed by atoms with van der Waals surface area (Å²) in [7, 11) is 0. The van der Waals surface area contributed by atoms with Gasteiger partial charge in [-0.15, -0.1) is 0 Å². The lowest BCUT2D eigenvalue weighted by Crippen LogP contribution is -2.36. The lowest BCUT2D eigenvalue weighted by Gasteiger charge is -2.27. The van der Waals surface area contributed by atoms with Gasteiger partial charge in [0.05, 0.1) is 82.7 Å². The van der Waals surface area contributed by atoms with Crippen LogP contribution in [0.15, 0.2) is 48.8 Å². The van der Waals surface area contributed by atoms with E-state index in [0.717, 1.165) is 63.9 Å². The average Bonchev–Trinajstić information content (AvgIpc) is 4.01. The third-order valence-corrected chi connectivity index (χ3v) is 10.1. The number of carbonyl (C=O) groups is 1. The Labute approximate surface area is 323 Å². The number of hydrogen-bond acceptors (Lipinski definition) is 10. The fourth-order valence-electron chi connectivity index (χ4n) is 7.39. The number of fused-ring (bicyclic) bond motifs is 4. The standard InChI is InChI=1S/C42H55N5O8/c1-42(2,3)55-41(48)47-14-6-9-36(47)40-44-28-35(46-40)33-13-10-30-25-38(33)54-24-22-52-20-18-50-16-15-49-17-19-51-21-23-53-37-26-31(11-12-32(30)37)34-27-43-39(45-34)29-7-4-5-8-29/h10-13,25-29,36H,4-9,14-24H2,1-3H3,(H,43,45)(H,44,46). The lowest BCUT2D eigenvalue weighted by atomic mass is 9.99. The molecule has 2 N–H and O–H groups in total. The summed E-state index contributed by atoms with van der Waals surface area (Å²) in [4.78, 5) is 31.4. The molecule has 13 nitrogen and oxygen atoms in total. The Morgan fingerprint density at radius 2 is 1.22 bits per heavy atom. The molecule has 1 unspecified atom stereocenters. The van der Waals surface area contributed by atoms with Crippen molar-refractivity contribution in [2.45, 2.75) is 76.9 Å². The first-order chi connectivity index (χ1) is 26.8. The predicted molar refractivity (Wildman–Crippen MR) is 207 cm³/mol. The molecule has 55 heavy (non-hydrogen) atoms. The summed E-state index contributed by atoms with van der Waals surface area (Å²) in [5.74, 6) is 3.66. The minimum Gasteiger partial charge on any atom is -0.491 e. The number of benzene rings is 2. The molecule has 1 atom stereocenters. The number of aromatic nitrogens is 4. The number of ether oxygens (including phenoxy) is 7. The molecule has 3 aliphatic rings. The van der Waals surface area contributed by atoms with Crippen LogP contribution in [0.5, 0.6) is 11.5 Å². The summed E-state index contributed by atoms with van der Waals surface area (Å²) in [6.45, 7) is 10.6. The van der Waals surface area contributed by atoms with Gasteiger partial charge in [0.15, 0.2) is 0 Å². The normalized spacial score (nSPS) is 19.9. The van der Waals surface area contributed by atoms with Crippen LogP contribution in [0.1, 0.15) is 82.9 Å². The van der Waals surface area contributed by atoms with Gasteiger partial charge in [-0.05, 0) is 76.3 Å². The number of imidazole rings is 2. The molecule has 1 saturated carbocycles. The highest BCUT2D eigenvalue weighted by Gasteiger charge is 2.35. The van der Waals surface area contributed by atoms with Gasteiger partial charge in [-0.2, -0.15) is 0 Å². The first-order valence-electron chi connectivity index (χ1n) is 19.8. The monoisotopic (exact) mass is 757 g/mol. The van der Waals surface area contributed by atoms with E-state index in [-0.39, 0.29) is 12.1 Å². The topological polar surface area (TPSA) is 142 Å². The van der Waals surface area contributed by atoms with E-state index in [2.05, 4.69) is 34.2 Å². The van der Waals surface area contributed by atoms with E-state index in [1.807, 2.05) is 39.1 Å². The maximum absolute atomic E-state index is 13.1. The van der Waals surface area contributed by atoms with Crippen LogP contribution >= 0.6 is 0 Å². The van der Waals surface area contributed by atoms with Crippen LogP contribution in [-0.4, -0.2) is 109 Å². The maximum Gasteiger partial charge on any atom is 0.410 e. The van der Waals surface area contributed by atoms with Crippen LogP contribution in [0.2, 0.25) is 0 Å². The van der Waals surface area contributed by atoms with Gasteiger partial charge in [0, 0.05) is 29.2 Å². The van der Waals surface area contributed by atoms with Gasteiger partial charge >= 0.3 is 6.09 Å². The van der Waals surface area contributed by atoms with Crippen molar-refractivity contribution >= 4 is 6.09 Å². The first kappa shape index (κ1) is 38.8. The SMILES string of the molecule is CC(C)(C)OC(=O)N1CCCC1c1ncc(-c2ccc3cc2OCCOCCOCCOCCOCCOc2cc(-c4cnc(C5CCCC5)[nH]4)ccc2-3)[nH]1. The molecular weight excluding hydrogens is 702 g/mol. The fourth-order valence-corrected chi connectivity index (χ4v) is 7.39. The summed E-state index contributed by atoms with van der Waals surface area (Å²) < 4.78 is 41.5. The van der Waals surface area contributed by atoms with Crippen molar-refractivity contribution in [1.82, 2.24) is 24.8 Å². The van der Waals surface area contributed by atoms with Gasteiger partial charge in [-0.25, -0.2) is 14.8 Å². The highest BCUT2D eigenvalue weighted by atomic mass is 16.6. The number of carbonyl (C=O) groups excluding carboxylic acids is 1. The van der Waals surface area contributed by atoms with Gasteiger partial charge in [0.2, 0.25) is 0 Å². The Kier molecular flexibility index (Phi) is 13.0. The van der Waals surface area contributed by atoms with E-state index in [1.165, 1.54) is 25.7 Å². The zero-order valence-electron chi connectivity index (χ0n) is 32.4. The van der Waals surface area contributed by atoms with E-state index in [9.17, 15) is 4.79 Å². The second-order valence-electron chi connectivity index (χ2n) is 15.2. The second kappa shape index (κ2) is 18.5. The zero-order chi connectivity index (χ0) is 38.0. The molecule has 13 heteroatoms. The van der Waals surface area contributed by atoms with Gasteiger partial charge in [0.25, 0.3) is 0 Å². The highest BCUT2D eigenvalue weighted by molar-refractivity contribution is 5.80. The number of nitrogens with zero attached hydrogens (tertiary/aromatic N) is 3. The molecule has 7 rings (SSSR count). The molecular formula is C42H55N5O8. The van der Waals surface area contributed by atoms with Crippen LogP contribution in [0.3, 0.4) is 0 Å². The number of rotatable bonds is 4. The zero-order valence-corrected chi connectivity index (χ0v) is 32.4. The summed E-state index contributed by atoms with van der Waals surface area (Å²) in [6, 6.07) is 12.2. The predicted octanol–water partition coefficient (Wildman–Crippen LogP) is 7.70. The highest BCUT2D eigenvalue weighted by Crippen LogP contribution is 2.41. The van der Waals surface area contributed by atoms with E-state index in [4.69, 9.17) is 43.1 Å². The molecule has 2 aliphatic heterocycles. The number of hydrogen-bond donors (Lipinski definition) is 2. The summed E-state index contributed by atoms with van der Waals surface area (Å²) >= 11 is 0. The molecule has 4 aromatic rings. The number of H-pyrrole nitrogens is 2. The first-order valence-corrected chi connectivity index (χ1v) is 19.8. The Morgan fingerprint density at radius 1 is 0.673 bits per heavy atom. The van der Waals surface area contributed by atoms with Crippen molar-refractivity contribution in [2.75, 3.05) is 72.6 Å². The van der Waals surface area contributed by atoms with Crippen LogP contribution in [0.4, 0.5) is 4.79 Å². The number of likely N-dealkylation sites (tertiary alicyclic amines) is 1. The maximum atomic E-state index is 13.1. The summed E-state index contributed by atoms with van der Waals surface area (Å²) in [6.07, 6.45) is 9.94. The summed E-state index contributed by atoms with van der Waals surface area (Å²) in [5, 5.41) is 0. The largest absolute Gasteiger partial charge is 0.491 e. The lowest BCUT2D eigenvalue weighted by molar-refractivity contribution is -0.00693. The van der Waals surface area contributed by atoms with Crippen molar-refractivity contribution in [1.29, 1.82) is 0 Å². The molecule has 0 radical (unpaired) electrons. The van der Waals surface area contributed by atoms with Gasteiger partial charge in [-0.1, -0.05) is 25.0 Å². The third kappa shape index (κ3) is 10.3. The molecule has 296 valence electrons. The van der Waals surface area contributed by atoms with Gasteiger partial charge in [0.1, 0.15) is 42.0 Å². The molecule has 2 aromatic heterocycles. The van der Waals surface area contributed by atoms with Crippen LogP contribution in [0.25, 0.3) is 33.6 Å². The Hall–Kier alpha value is -4.43. The molecule has 0 spiro atoms. The molecule has 2 bridgehead atoms. The van der Waals surface area contributed by atoms with E-state index >= 15 is 0 Å². The molecule has 2 aromatic carbocycles. The molecule has 1 aliphatic carbocycles. The van der Waals surface area contributed by atoms with Crippen LogP contribution < -0.4 is 9.47 Å². The molecule has 1 amide bonds. The van der Waals surface area contributed by atoms with Crippen molar-refractivity contribution in [3.05, 3.63) is 60.4 Å². The summed E-state index contributed by atoms with van der Waals surface area (Å²) in [5.41, 5.74) is 4.87. The van der Waals surface area contributed by atoms with E-state index < -0.39 is 5.60 Å². The van der Waals surface area contributed by atoms with Gasteiger partial charge < -0.3 is 43.1 Å². The van der Waals surface area contributed by atoms with E-state index in [1.54, 1.807) is 11.1 Å². The van der Waals surface area contributed by atoms with Crippen molar-refractivity contribution < 1.29 is 38.0 Å². The smallest absolute Gasteiger partial charge is 0.410 e. The third-order valence-electron chi connectivity index (χ3n) is 10.1.